The number of carbonyl (C=O) groups excluding carboxylic acids is 2. The molecule has 2 N–H and O–H groups in total. The highest BCUT2D eigenvalue weighted by Gasteiger charge is 2.29. The van der Waals surface area contributed by atoms with E-state index in [1.54, 1.807) is 24.4 Å². The minimum Gasteiger partial charge on any atom is -0.353 e. The van der Waals surface area contributed by atoms with Crippen LogP contribution in [0.25, 0.3) is 0 Å². The molecule has 2 amide bonds. The zero-order valence-corrected chi connectivity index (χ0v) is 17.4. The predicted octanol–water partition coefficient (Wildman–Crippen LogP) is 2.76. The molecule has 0 saturated carbocycles. The van der Waals surface area contributed by atoms with Crippen LogP contribution in [0, 0.1) is 0 Å². The van der Waals surface area contributed by atoms with Crippen molar-refractivity contribution >= 4 is 23.3 Å². The van der Waals surface area contributed by atoms with Crippen LogP contribution < -0.4 is 15.5 Å². The second-order valence-electron chi connectivity index (χ2n) is 8.00. The fourth-order valence-electron chi connectivity index (χ4n) is 4.16. The summed E-state index contributed by atoms with van der Waals surface area (Å²) in [5.74, 6) is 0.494. The van der Waals surface area contributed by atoms with Gasteiger partial charge in [0.2, 0.25) is 0 Å². The number of nitrogens with zero attached hydrogens (tertiary/aromatic N) is 3. The lowest BCUT2D eigenvalue weighted by Gasteiger charge is -2.35. The molecule has 30 heavy (non-hydrogen) atoms. The van der Waals surface area contributed by atoms with Crippen molar-refractivity contribution < 1.29 is 9.59 Å². The van der Waals surface area contributed by atoms with Crippen LogP contribution in [0.5, 0.6) is 0 Å². The third-order valence-electron chi connectivity index (χ3n) is 5.87. The molecule has 7 nitrogen and oxygen atoms in total. The Hall–Kier alpha value is -2.93. The van der Waals surface area contributed by atoms with E-state index in [-0.39, 0.29) is 17.9 Å². The number of hydrogen-bond donors (Lipinski definition) is 2. The summed E-state index contributed by atoms with van der Waals surface area (Å²) >= 11 is 0. The van der Waals surface area contributed by atoms with Gasteiger partial charge in [0, 0.05) is 44.3 Å². The summed E-state index contributed by atoms with van der Waals surface area (Å²) < 4.78 is 0. The number of piperidine rings is 1. The van der Waals surface area contributed by atoms with E-state index >= 15 is 0 Å². The first-order chi connectivity index (χ1) is 14.6. The Morgan fingerprint density at radius 2 is 1.87 bits per heavy atom. The molecule has 1 aromatic heterocycles. The molecule has 3 heterocycles. The number of amides is 2. The number of benzene rings is 1. The smallest absolute Gasteiger partial charge is 0.257 e. The number of pyridine rings is 1. The molecule has 4 rings (SSSR count). The Morgan fingerprint density at radius 3 is 2.60 bits per heavy atom. The monoisotopic (exact) mass is 407 g/mol. The van der Waals surface area contributed by atoms with Crippen molar-refractivity contribution in [3.05, 3.63) is 53.7 Å². The molecule has 2 aliphatic heterocycles. The van der Waals surface area contributed by atoms with Gasteiger partial charge in [-0.05, 0) is 44.4 Å². The Balaban J connectivity index is 1.64. The van der Waals surface area contributed by atoms with Crippen LogP contribution in [0.4, 0.5) is 11.5 Å². The number of hydrogen-bond acceptors (Lipinski definition) is 5. The van der Waals surface area contributed by atoms with Crippen LogP contribution >= 0.6 is 0 Å². The summed E-state index contributed by atoms with van der Waals surface area (Å²) in [6.07, 6.45) is 4.85. The molecule has 1 aromatic carbocycles. The number of anilines is 2. The number of rotatable bonds is 4. The van der Waals surface area contributed by atoms with Crippen LogP contribution in [0.2, 0.25) is 0 Å². The number of nitrogens with one attached hydrogen (secondary N) is 2. The van der Waals surface area contributed by atoms with Crippen LogP contribution in [0.3, 0.4) is 0 Å². The van der Waals surface area contributed by atoms with E-state index < -0.39 is 0 Å². The van der Waals surface area contributed by atoms with Gasteiger partial charge in [0.05, 0.1) is 17.4 Å². The molecule has 2 aliphatic rings. The molecule has 2 aromatic rings. The first kappa shape index (κ1) is 20.3. The fourth-order valence-corrected chi connectivity index (χ4v) is 4.16. The second kappa shape index (κ2) is 9.26. The maximum Gasteiger partial charge on any atom is 0.257 e. The summed E-state index contributed by atoms with van der Waals surface area (Å²) in [7, 11) is 0. The third kappa shape index (κ3) is 4.46. The van der Waals surface area contributed by atoms with E-state index in [0.29, 0.717) is 22.6 Å². The largest absolute Gasteiger partial charge is 0.353 e. The SMILES string of the molecule is CC1CCCCN1C(=O)c1cc(NC(=O)c2ccccc2)cnc1N1CCNCC1. The fraction of sp³-hybridized carbons (Fsp3) is 0.435. The van der Waals surface area contributed by atoms with Gasteiger partial charge in [0.25, 0.3) is 11.8 Å². The lowest BCUT2D eigenvalue weighted by atomic mass is 10.0. The lowest BCUT2D eigenvalue weighted by molar-refractivity contribution is 0.0635. The molecule has 1 atom stereocenters. The van der Waals surface area contributed by atoms with Crippen molar-refractivity contribution in [2.24, 2.45) is 0 Å². The van der Waals surface area contributed by atoms with Crippen LogP contribution in [0.15, 0.2) is 42.6 Å². The lowest BCUT2D eigenvalue weighted by Crippen LogP contribution is -2.46. The molecule has 0 radical (unpaired) electrons. The second-order valence-corrected chi connectivity index (χ2v) is 8.00. The quantitative estimate of drug-likeness (QED) is 0.815. The first-order valence-corrected chi connectivity index (χ1v) is 10.8. The summed E-state index contributed by atoms with van der Waals surface area (Å²) in [5.41, 5.74) is 1.67. The zero-order valence-electron chi connectivity index (χ0n) is 17.4. The van der Waals surface area contributed by atoms with Gasteiger partial charge in [-0.2, -0.15) is 0 Å². The highest BCUT2D eigenvalue weighted by molar-refractivity contribution is 6.06. The van der Waals surface area contributed by atoms with E-state index in [2.05, 4.69) is 27.4 Å². The van der Waals surface area contributed by atoms with E-state index in [0.717, 1.165) is 52.0 Å². The highest BCUT2D eigenvalue weighted by atomic mass is 16.2. The van der Waals surface area contributed by atoms with E-state index in [1.807, 2.05) is 23.1 Å². The Kier molecular flexibility index (Phi) is 6.28. The predicted molar refractivity (Wildman–Crippen MR) is 118 cm³/mol. The summed E-state index contributed by atoms with van der Waals surface area (Å²) in [4.78, 5) is 34.8. The zero-order chi connectivity index (χ0) is 20.9. The highest BCUT2D eigenvalue weighted by Crippen LogP contribution is 2.27. The molecule has 2 fully saturated rings. The number of piperazine rings is 1. The average Bonchev–Trinajstić information content (AvgIpc) is 2.80. The van der Waals surface area contributed by atoms with E-state index in [4.69, 9.17) is 0 Å². The average molecular weight is 408 g/mol. The number of likely N-dealkylation sites (tertiary alicyclic amines) is 1. The molecule has 0 aliphatic carbocycles. The minimum atomic E-state index is -0.211. The summed E-state index contributed by atoms with van der Waals surface area (Å²) in [6.45, 7) is 6.21. The first-order valence-electron chi connectivity index (χ1n) is 10.8. The Morgan fingerprint density at radius 1 is 1.10 bits per heavy atom. The maximum atomic E-state index is 13.5. The van der Waals surface area contributed by atoms with E-state index in [9.17, 15) is 9.59 Å². The molecule has 1 unspecified atom stereocenters. The van der Waals surface area contributed by atoms with Gasteiger partial charge in [0.1, 0.15) is 5.82 Å². The van der Waals surface area contributed by atoms with Gasteiger partial charge in [-0.15, -0.1) is 0 Å². The maximum absolute atomic E-state index is 13.5. The van der Waals surface area contributed by atoms with Crippen molar-refractivity contribution in [1.29, 1.82) is 0 Å². The Labute approximate surface area is 177 Å². The number of aromatic nitrogens is 1. The molecular weight excluding hydrogens is 378 g/mol. The molecular formula is C23H29N5O2. The molecule has 2 saturated heterocycles. The number of carbonyl (C=O) groups is 2. The van der Waals surface area contributed by atoms with Crippen LogP contribution in [-0.2, 0) is 0 Å². The van der Waals surface area contributed by atoms with Crippen molar-refractivity contribution in [3.63, 3.8) is 0 Å². The topological polar surface area (TPSA) is 77.6 Å². The van der Waals surface area contributed by atoms with Crippen molar-refractivity contribution in [3.8, 4) is 0 Å². The van der Waals surface area contributed by atoms with Gasteiger partial charge in [-0.25, -0.2) is 4.98 Å². The van der Waals surface area contributed by atoms with Gasteiger partial charge in [0.15, 0.2) is 0 Å². The Bertz CT molecular complexity index is 896. The normalized spacial score (nSPS) is 19.4. The third-order valence-corrected chi connectivity index (χ3v) is 5.87. The van der Waals surface area contributed by atoms with Crippen LogP contribution in [0.1, 0.15) is 46.9 Å². The van der Waals surface area contributed by atoms with Gasteiger partial charge >= 0.3 is 0 Å². The van der Waals surface area contributed by atoms with Crippen molar-refractivity contribution in [1.82, 2.24) is 15.2 Å². The summed E-state index contributed by atoms with van der Waals surface area (Å²) in [5, 5.41) is 6.23. The van der Waals surface area contributed by atoms with Gasteiger partial charge in [-0.1, -0.05) is 18.2 Å². The summed E-state index contributed by atoms with van der Waals surface area (Å²) in [6, 6.07) is 11.1. The van der Waals surface area contributed by atoms with Crippen LogP contribution in [-0.4, -0.2) is 60.5 Å². The van der Waals surface area contributed by atoms with Crippen molar-refractivity contribution in [2.45, 2.75) is 32.2 Å². The molecule has 0 bridgehead atoms. The van der Waals surface area contributed by atoms with Gasteiger partial charge in [-0.3, -0.25) is 9.59 Å². The molecule has 7 heteroatoms. The van der Waals surface area contributed by atoms with E-state index in [1.165, 1.54) is 0 Å². The molecule has 0 spiro atoms. The van der Waals surface area contributed by atoms with Crippen molar-refractivity contribution in [2.75, 3.05) is 42.9 Å². The standard InChI is InChI=1S/C23H29N5O2/c1-17-7-5-6-12-28(17)23(30)20-15-19(26-22(29)18-8-3-2-4-9-18)16-25-21(20)27-13-10-24-11-14-27/h2-4,8-9,15-17,24H,5-7,10-14H2,1H3,(H,26,29). The minimum absolute atomic E-state index is 0.000886. The van der Waals surface area contributed by atoms with Gasteiger partial charge < -0.3 is 20.4 Å². The molecule has 158 valence electrons.